The van der Waals surface area contributed by atoms with E-state index >= 15 is 0 Å². The van der Waals surface area contributed by atoms with Gasteiger partial charge in [0.05, 0.1) is 6.54 Å². The number of nitrogens with one attached hydrogen (secondary N) is 4. The van der Waals surface area contributed by atoms with Gasteiger partial charge in [-0.1, -0.05) is 31.4 Å². The van der Waals surface area contributed by atoms with E-state index in [1.54, 1.807) is 42.5 Å². The third-order valence-corrected chi connectivity index (χ3v) is 5.26. The number of hydrogen-bond acceptors (Lipinski definition) is 4. The van der Waals surface area contributed by atoms with Gasteiger partial charge in [0, 0.05) is 35.1 Å². The van der Waals surface area contributed by atoms with Crippen LogP contribution >= 0.6 is 0 Å². The Labute approximate surface area is 183 Å². The Balaban J connectivity index is 1.52. The number of amides is 3. The van der Waals surface area contributed by atoms with Gasteiger partial charge in [0.1, 0.15) is 0 Å². The minimum Gasteiger partial charge on any atom is -0.376 e. The monoisotopic (exact) mass is 422 g/mol. The predicted octanol–water partition coefficient (Wildman–Crippen LogP) is 3.55. The third kappa shape index (κ3) is 6.84. The summed E-state index contributed by atoms with van der Waals surface area (Å²) in [6, 6.07) is 14.2. The maximum Gasteiger partial charge on any atom is 0.251 e. The average molecular weight is 423 g/mol. The first-order valence-corrected chi connectivity index (χ1v) is 10.9. The van der Waals surface area contributed by atoms with Gasteiger partial charge in [-0.3, -0.25) is 14.4 Å². The van der Waals surface area contributed by atoms with Crippen LogP contribution in [0.15, 0.2) is 48.5 Å². The molecule has 3 amide bonds. The first kappa shape index (κ1) is 22.3. The molecule has 2 aromatic carbocycles. The summed E-state index contributed by atoms with van der Waals surface area (Å²) < 4.78 is 0. The van der Waals surface area contributed by atoms with Crippen LogP contribution in [0.3, 0.4) is 0 Å². The molecule has 1 aliphatic carbocycles. The standard InChI is InChI=1S/C24H30N4O3/c1-2-25-23(30)17-8-7-13-21(15-17)27-22(29)16-26-20-12-6-9-18(14-20)24(31)28-19-10-4-3-5-11-19/h6-9,12-15,19,26H,2-5,10-11,16H2,1H3,(H,25,30)(H,27,29)(H,28,31). The highest BCUT2D eigenvalue weighted by Gasteiger charge is 2.17. The first-order valence-electron chi connectivity index (χ1n) is 10.9. The van der Waals surface area contributed by atoms with Crippen LogP contribution < -0.4 is 21.3 Å². The number of benzene rings is 2. The smallest absolute Gasteiger partial charge is 0.251 e. The highest BCUT2D eigenvalue weighted by molar-refractivity contribution is 5.98. The van der Waals surface area contributed by atoms with Crippen molar-refractivity contribution < 1.29 is 14.4 Å². The summed E-state index contributed by atoms with van der Waals surface area (Å²) in [7, 11) is 0. The van der Waals surface area contributed by atoms with Crippen LogP contribution in [0.25, 0.3) is 0 Å². The first-order chi connectivity index (χ1) is 15.0. The van der Waals surface area contributed by atoms with Crippen LogP contribution in [-0.4, -0.2) is 36.9 Å². The van der Waals surface area contributed by atoms with Crippen molar-refractivity contribution in [1.82, 2.24) is 10.6 Å². The fraction of sp³-hybridized carbons (Fsp3) is 0.375. The minimum atomic E-state index is -0.245. The Morgan fingerprint density at radius 2 is 1.52 bits per heavy atom. The second-order valence-electron chi connectivity index (χ2n) is 7.73. The van der Waals surface area contributed by atoms with Crippen LogP contribution in [0.1, 0.15) is 59.7 Å². The van der Waals surface area contributed by atoms with Gasteiger partial charge in [-0.05, 0) is 56.2 Å². The minimum absolute atomic E-state index is 0.0408. The molecule has 31 heavy (non-hydrogen) atoms. The lowest BCUT2D eigenvalue weighted by atomic mass is 9.95. The Bertz CT molecular complexity index is 923. The van der Waals surface area contributed by atoms with E-state index in [-0.39, 0.29) is 30.3 Å². The van der Waals surface area contributed by atoms with Crippen molar-refractivity contribution in [2.24, 2.45) is 0 Å². The van der Waals surface area contributed by atoms with Gasteiger partial charge in [-0.25, -0.2) is 0 Å². The Kier molecular flexibility index (Phi) is 8.04. The number of anilines is 2. The molecule has 7 heteroatoms. The van der Waals surface area contributed by atoms with Crippen LogP contribution in [-0.2, 0) is 4.79 Å². The van der Waals surface area contributed by atoms with E-state index in [1.807, 2.05) is 13.0 Å². The molecule has 0 atom stereocenters. The van der Waals surface area contributed by atoms with Crippen molar-refractivity contribution in [3.63, 3.8) is 0 Å². The van der Waals surface area contributed by atoms with Gasteiger partial charge in [0.25, 0.3) is 11.8 Å². The van der Waals surface area contributed by atoms with Gasteiger partial charge in [-0.2, -0.15) is 0 Å². The molecule has 1 saturated carbocycles. The molecule has 0 aliphatic heterocycles. The molecular formula is C24H30N4O3. The van der Waals surface area contributed by atoms with Crippen LogP contribution in [0.4, 0.5) is 11.4 Å². The molecule has 164 valence electrons. The topological polar surface area (TPSA) is 99.3 Å². The Morgan fingerprint density at radius 1 is 0.871 bits per heavy atom. The molecule has 0 spiro atoms. The summed E-state index contributed by atoms with van der Waals surface area (Å²) in [4.78, 5) is 36.8. The predicted molar refractivity (Wildman–Crippen MR) is 122 cm³/mol. The van der Waals surface area contributed by atoms with E-state index in [1.165, 1.54) is 6.42 Å². The van der Waals surface area contributed by atoms with E-state index in [2.05, 4.69) is 21.3 Å². The molecule has 3 rings (SSSR count). The molecule has 0 radical (unpaired) electrons. The maximum atomic E-state index is 12.5. The fourth-order valence-corrected chi connectivity index (χ4v) is 3.67. The average Bonchev–Trinajstić information content (AvgIpc) is 2.79. The Morgan fingerprint density at radius 3 is 2.23 bits per heavy atom. The zero-order valence-electron chi connectivity index (χ0n) is 17.9. The zero-order valence-corrected chi connectivity index (χ0v) is 17.9. The van der Waals surface area contributed by atoms with E-state index in [4.69, 9.17) is 0 Å². The van der Waals surface area contributed by atoms with Crippen molar-refractivity contribution in [1.29, 1.82) is 0 Å². The lowest BCUT2D eigenvalue weighted by molar-refractivity contribution is -0.114. The van der Waals surface area contributed by atoms with Crippen molar-refractivity contribution in [3.05, 3.63) is 59.7 Å². The van der Waals surface area contributed by atoms with E-state index in [0.717, 1.165) is 25.7 Å². The van der Waals surface area contributed by atoms with Gasteiger partial charge in [-0.15, -0.1) is 0 Å². The second-order valence-corrected chi connectivity index (χ2v) is 7.73. The van der Waals surface area contributed by atoms with E-state index in [9.17, 15) is 14.4 Å². The normalized spacial score (nSPS) is 13.8. The summed E-state index contributed by atoms with van der Waals surface area (Å²) in [5.41, 5.74) is 2.31. The molecule has 2 aromatic rings. The molecular weight excluding hydrogens is 392 g/mol. The maximum absolute atomic E-state index is 12.5. The van der Waals surface area contributed by atoms with Gasteiger partial charge in [0.2, 0.25) is 5.91 Å². The molecule has 0 heterocycles. The second kappa shape index (κ2) is 11.2. The van der Waals surface area contributed by atoms with Crippen molar-refractivity contribution in [3.8, 4) is 0 Å². The summed E-state index contributed by atoms with van der Waals surface area (Å²) in [6.45, 7) is 2.43. The highest BCUT2D eigenvalue weighted by Crippen LogP contribution is 2.18. The quantitative estimate of drug-likeness (QED) is 0.523. The summed E-state index contributed by atoms with van der Waals surface area (Å²) >= 11 is 0. The molecule has 0 unspecified atom stereocenters. The molecule has 4 N–H and O–H groups in total. The van der Waals surface area contributed by atoms with Crippen molar-refractivity contribution in [2.45, 2.75) is 45.1 Å². The van der Waals surface area contributed by atoms with E-state index in [0.29, 0.717) is 29.0 Å². The molecule has 7 nitrogen and oxygen atoms in total. The third-order valence-electron chi connectivity index (χ3n) is 5.26. The summed E-state index contributed by atoms with van der Waals surface area (Å²) in [6.07, 6.45) is 5.63. The van der Waals surface area contributed by atoms with Crippen LogP contribution in [0, 0.1) is 0 Å². The summed E-state index contributed by atoms with van der Waals surface area (Å²) in [5.74, 6) is -0.507. The highest BCUT2D eigenvalue weighted by atomic mass is 16.2. The van der Waals surface area contributed by atoms with Crippen LogP contribution in [0.5, 0.6) is 0 Å². The largest absolute Gasteiger partial charge is 0.376 e. The lowest BCUT2D eigenvalue weighted by Gasteiger charge is -2.22. The lowest BCUT2D eigenvalue weighted by Crippen LogP contribution is -2.36. The number of carbonyl (C=O) groups is 3. The van der Waals surface area contributed by atoms with Gasteiger partial charge < -0.3 is 21.3 Å². The van der Waals surface area contributed by atoms with Gasteiger partial charge in [0.15, 0.2) is 0 Å². The van der Waals surface area contributed by atoms with E-state index < -0.39 is 0 Å². The number of carbonyl (C=O) groups excluding carboxylic acids is 3. The molecule has 1 aliphatic rings. The molecule has 0 saturated heterocycles. The van der Waals surface area contributed by atoms with Gasteiger partial charge >= 0.3 is 0 Å². The number of rotatable bonds is 8. The molecule has 0 aromatic heterocycles. The van der Waals surface area contributed by atoms with Crippen LogP contribution in [0.2, 0.25) is 0 Å². The molecule has 1 fully saturated rings. The zero-order chi connectivity index (χ0) is 22.1. The SMILES string of the molecule is CCNC(=O)c1cccc(NC(=O)CNc2cccc(C(=O)NC3CCCCC3)c2)c1. The Hall–Kier alpha value is -3.35. The fourth-order valence-electron chi connectivity index (χ4n) is 3.67. The van der Waals surface area contributed by atoms with Crippen molar-refractivity contribution >= 4 is 29.1 Å². The summed E-state index contributed by atoms with van der Waals surface area (Å²) in [5, 5.41) is 11.7. The van der Waals surface area contributed by atoms with Crippen molar-refractivity contribution in [2.75, 3.05) is 23.7 Å². The molecule has 0 bridgehead atoms. The number of hydrogen-bond donors (Lipinski definition) is 4.